The van der Waals surface area contributed by atoms with Crippen molar-refractivity contribution in [2.45, 2.75) is 97.1 Å². The summed E-state index contributed by atoms with van der Waals surface area (Å²) in [6.45, 7) is 9.61. The first-order valence-electron chi connectivity index (χ1n) is 14.6. The molecule has 0 aromatic heterocycles. The van der Waals surface area contributed by atoms with E-state index in [0.717, 1.165) is 12.7 Å². The highest BCUT2D eigenvalue weighted by Gasteiger charge is 2.31. The van der Waals surface area contributed by atoms with Crippen molar-refractivity contribution in [2.75, 3.05) is 7.11 Å². The highest BCUT2D eigenvalue weighted by molar-refractivity contribution is 5.91. The van der Waals surface area contributed by atoms with E-state index < -0.39 is 72.0 Å². The number of alkyl carbamates (subject to hydrolysis) is 1. The molecule has 0 saturated carbocycles. The Morgan fingerprint density at radius 2 is 1.27 bits per heavy atom. The number of aliphatic carboxylic acids is 1. The third-order valence-corrected chi connectivity index (χ3v) is 6.92. The largest absolute Gasteiger partial charge is 0.480 e. The summed E-state index contributed by atoms with van der Waals surface area (Å²) in [7, 11) is 1.15. The number of hydrogen-bond donors (Lipinski definition) is 7. The summed E-state index contributed by atoms with van der Waals surface area (Å²) in [6, 6.07) is 4.10. The maximum absolute atomic E-state index is 13.0. The molecule has 6 atom stereocenters. The van der Waals surface area contributed by atoms with Crippen molar-refractivity contribution in [3.63, 3.8) is 0 Å². The van der Waals surface area contributed by atoms with Crippen LogP contribution >= 0.6 is 0 Å². The second-order valence-corrected chi connectivity index (χ2v) is 11.4. The van der Waals surface area contributed by atoms with Gasteiger partial charge in [-0.1, -0.05) is 58.0 Å². The molecule has 0 fully saturated rings. The number of nitrogens with one attached hydrogen (secondary N) is 5. The molecule has 0 saturated heterocycles. The lowest BCUT2D eigenvalue weighted by atomic mass is 9.97. The molecule has 0 aliphatic heterocycles. The van der Waals surface area contributed by atoms with Gasteiger partial charge in [0.1, 0.15) is 24.2 Å². The van der Waals surface area contributed by atoms with Gasteiger partial charge in [0.2, 0.25) is 23.6 Å². The van der Waals surface area contributed by atoms with Crippen LogP contribution in [0.25, 0.3) is 0 Å². The molecule has 0 radical (unpaired) electrons. The maximum Gasteiger partial charge on any atom is 0.407 e. The normalized spacial score (nSPS) is 15.1. The number of hydrogen-bond acceptors (Lipinski definition) is 8. The van der Waals surface area contributed by atoms with Crippen LogP contribution in [-0.2, 0) is 35.1 Å². The lowest BCUT2D eigenvalue weighted by Gasteiger charge is -2.27. The Morgan fingerprint density at radius 3 is 1.80 bits per heavy atom. The summed E-state index contributed by atoms with van der Waals surface area (Å²) in [5.74, 6) is -4.29. The van der Waals surface area contributed by atoms with Crippen molar-refractivity contribution in [3.05, 3.63) is 35.9 Å². The van der Waals surface area contributed by atoms with Crippen LogP contribution in [0.5, 0.6) is 0 Å². The predicted octanol–water partition coefficient (Wildman–Crippen LogP) is 0.470. The summed E-state index contributed by atoms with van der Waals surface area (Å²) in [5.41, 5.74) is 0.809. The molecule has 0 aliphatic rings. The van der Waals surface area contributed by atoms with Crippen LogP contribution in [0.3, 0.4) is 0 Å². The van der Waals surface area contributed by atoms with Crippen LogP contribution in [0, 0.1) is 11.8 Å². The number of amides is 5. The number of carboxylic acids is 1. The van der Waals surface area contributed by atoms with E-state index in [0.29, 0.717) is 0 Å². The monoisotopic (exact) mass is 621 g/mol. The molecule has 7 N–H and O–H groups in total. The number of benzene rings is 1. The van der Waals surface area contributed by atoms with Crippen LogP contribution in [-0.4, -0.2) is 89.3 Å². The number of aliphatic hydroxyl groups is 1. The maximum atomic E-state index is 13.0. The molecule has 1 aromatic carbocycles. The SMILES string of the molecule is COC(=O)N[C@@H](C)C(=O)N[C@@H](C)C(=O)N[C@@H](Cc1ccccc1)[C@@H](O)CCC(=O)N[C@H](C(=O)N[C@H](C(=O)O)C(C)C)C(C)C. The standard InChI is InChI=1S/C30H47N5O9/c1-16(2)24(28(40)35-25(17(3)4)29(41)42)34-23(37)14-13-22(36)21(15-20-11-9-8-10-12-20)33-27(39)18(5)31-26(38)19(6)32-30(43)44-7/h8-12,16-19,21-22,24-25,36H,13-15H2,1-7H3,(H,31,38)(H,32,43)(H,33,39)(H,34,37)(H,35,40)(H,41,42)/t18-,19-,21-,22-,24-,25-/m0/s1. The van der Waals surface area contributed by atoms with Crippen LogP contribution in [0.15, 0.2) is 30.3 Å². The van der Waals surface area contributed by atoms with Crippen LogP contribution in [0.4, 0.5) is 4.79 Å². The van der Waals surface area contributed by atoms with Gasteiger partial charge in [0.15, 0.2) is 0 Å². The highest BCUT2D eigenvalue weighted by atomic mass is 16.5. The minimum absolute atomic E-state index is 0.0688. The molecule has 0 heterocycles. The van der Waals surface area contributed by atoms with E-state index in [2.05, 4.69) is 31.3 Å². The zero-order valence-corrected chi connectivity index (χ0v) is 26.4. The van der Waals surface area contributed by atoms with Crippen molar-refractivity contribution in [1.82, 2.24) is 26.6 Å². The van der Waals surface area contributed by atoms with Gasteiger partial charge in [-0.25, -0.2) is 9.59 Å². The molecule has 246 valence electrons. The lowest BCUT2D eigenvalue weighted by molar-refractivity contribution is -0.143. The molecule has 5 amide bonds. The Morgan fingerprint density at radius 1 is 0.727 bits per heavy atom. The van der Waals surface area contributed by atoms with E-state index in [1.807, 2.05) is 18.2 Å². The second-order valence-electron chi connectivity index (χ2n) is 11.4. The molecule has 14 nitrogen and oxygen atoms in total. The molecule has 0 unspecified atom stereocenters. The highest BCUT2D eigenvalue weighted by Crippen LogP contribution is 2.12. The zero-order valence-electron chi connectivity index (χ0n) is 26.4. The quantitative estimate of drug-likeness (QED) is 0.129. The Labute approximate surface area is 258 Å². The number of rotatable bonds is 17. The van der Waals surface area contributed by atoms with Gasteiger partial charge < -0.3 is 41.5 Å². The van der Waals surface area contributed by atoms with Crippen molar-refractivity contribution in [3.8, 4) is 0 Å². The van der Waals surface area contributed by atoms with Crippen molar-refractivity contribution < 1.29 is 43.7 Å². The van der Waals surface area contributed by atoms with Gasteiger partial charge in [-0.2, -0.15) is 0 Å². The van der Waals surface area contributed by atoms with E-state index in [4.69, 9.17) is 0 Å². The molecule has 0 bridgehead atoms. The van der Waals surface area contributed by atoms with Crippen molar-refractivity contribution in [2.24, 2.45) is 11.8 Å². The van der Waals surface area contributed by atoms with Crippen LogP contribution in [0.2, 0.25) is 0 Å². The Kier molecular flexibility index (Phi) is 15.9. The van der Waals surface area contributed by atoms with E-state index in [-0.39, 0.29) is 31.1 Å². The Hall–Kier alpha value is -4.20. The van der Waals surface area contributed by atoms with Gasteiger partial charge in [0.05, 0.1) is 19.3 Å². The number of carbonyl (C=O) groups excluding carboxylic acids is 5. The van der Waals surface area contributed by atoms with Crippen LogP contribution in [0.1, 0.15) is 59.9 Å². The van der Waals surface area contributed by atoms with E-state index in [1.165, 1.54) is 13.8 Å². The lowest BCUT2D eigenvalue weighted by Crippen LogP contribution is -2.55. The minimum Gasteiger partial charge on any atom is -0.480 e. The number of ether oxygens (including phenoxy) is 1. The second kappa shape index (κ2) is 18.5. The number of carboxylic acid groups (broad SMARTS) is 1. The molecule has 14 heteroatoms. The molecule has 0 spiro atoms. The van der Waals surface area contributed by atoms with Gasteiger partial charge in [-0.15, -0.1) is 0 Å². The Bertz CT molecular complexity index is 1130. The average molecular weight is 622 g/mol. The Balaban J connectivity index is 2.91. The van der Waals surface area contributed by atoms with Gasteiger partial charge in [-0.05, 0) is 44.1 Å². The van der Waals surface area contributed by atoms with E-state index in [9.17, 15) is 39.0 Å². The molecular weight excluding hydrogens is 574 g/mol. The third-order valence-electron chi connectivity index (χ3n) is 6.92. The third kappa shape index (κ3) is 13.0. The first-order valence-corrected chi connectivity index (χ1v) is 14.6. The van der Waals surface area contributed by atoms with Gasteiger partial charge in [0.25, 0.3) is 0 Å². The van der Waals surface area contributed by atoms with Crippen molar-refractivity contribution >= 4 is 35.7 Å². The fraction of sp³-hybridized carbons (Fsp3) is 0.600. The first-order chi connectivity index (χ1) is 20.6. The number of carbonyl (C=O) groups is 6. The van der Waals surface area contributed by atoms with Crippen LogP contribution < -0.4 is 26.6 Å². The summed E-state index contributed by atoms with van der Waals surface area (Å²) < 4.78 is 4.47. The van der Waals surface area contributed by atoms with Gasteiger partial charge in [-0.3, -0.25) is 19.2 Å². The molecular formula is C30H47N5O9. The van der Waals surface area contributed by atoms with E-state index in [1.54, 1.807) is 39.8 Å². The fourth-order valence-electron chi connectivity index (χ4n) is 4.18. The average Bonchev–Trinajstić information content (AvgIpc) is 2.96. The summed E-state index contributed by atoms with van der Waals surface area (Å²) in [6.07, 6.45) is -2.02. The predicted molar refractivity (Wildman–Crippen MR) is 161 cm³/mol. The summed E-state index contributed by atoms with van der Waals surface area (Å²) in [5, 5.41) is 33.1. The molecule has 1 rings (SSSR count). The van der Waals surface area contributed by atoms with Gasteiger partial charge >= 0.3 is 12.1 Å². The van der Waals surface area contributed by atoms with Crippen molar-refractivity contribution in [1.29, 1.82) is 0 Å². The first kappa shape index (κ1) is 37.8. The zero-order chi connectivity index (χ0) is 33.6. The summed E-state index contributed by atoms with van der Waals surface area (Å²) >= 11 is 0. The van der Waals surface area contributed by atoms with Gasteiger partial charge in [0, 0.05) is 6.42 Å². The fourth-order valence-corrected chi connectivity index (χ4v) is 4.18. The molecule has 1 aromatic rings. The molecule has 44 heavy (non-hydrogen) atoms. The number of methoxy groups -OCH3 is 1. The topological polar surface area (TPSA) is 212 Å². The smallest absolute Gasteiger partial charge is 0.407 e. The number of aliphatic hydroxyl groups excluding tert-OH is 1. The summed E-state index contributed by atoms with van der Waals surface area (Å²) in [4.78, 5) is 73.9. The molecule has 0 aliphatic carbocycles. The van der Waals surface area contributed by atoms with E-state index >= 15 is 0 Å². The minimum atomic E-state index is -1.18.